The lowest BCUT2D eigenvalue weighted by atomic mass is 9.88. The molecule has 2 aromatic carbocycles. The third-order valence-corrected chi connectivity index (χ3v) is 6.68. The van der Waals surface area contributed by atoms with E-state index in [2.05, 4.69) is 74.3 Å². The van der Waals surface area contributed by atoms with Crippen molar-refractivity contribution < 1.29 is 0 Å². The highest BCUT2D eigenvalue weighted by Crippen LogP contribution is 2.25. The Labute approximate surface area is 173 Å². The van der Waals surface area contributed by atoms with Crippen molar-refractivity contribution in [3.05, 3.63) is 70.8 Å². The Bertz CT molecular complexity index is 685. The molecule has 0 saturated carbocycles. The summed E-state index contributed by atoms with van der Waals surface area (Å²) in [4.78, 5) is 2.57. The fraction of sp³-hybridized carbons (Fsp3) is 0.556. The second-order valence-corrected chi connectivity index (χ2v) is 9.14. The zero-order chi connectivity index (χ0) is 19.8. The van der Waals surface area contributed by atoms with Gasteiger partial charge in [0, 0.05) is 6.04 Å². The predicted octanol–water partition coefficient (Wildman–Crippen LogP) is 6.75. The van der Waals surface area contributed by atoms with E-state index in [0.717, 1.165) is 12.0 Å². The van der Waals surface area contributed by atoms with Crippen molar-refractivity contribution in [2.24, 2.45) is 5.92 Å². The van der Waals surface area contributed by atoms with E-state index in [9.17, 15) is 0 Å². The van der Waals surface area contributed by atoms with Gasteiger partial charge in [0.2, 0.25) is 0 Å². The van der Waals surface area contributed by atoms with Crippen LogP contribution in [0.15, 0.2) is 48.5 Å². The van der Waals surface area contributed by atoms with Crippen LogP contribution in [-0.4, -0.2) is 24.5 Å². The molecular weight excluding hydrogens is 338 g/mol. The van der Waals surface area contributed by atoms with Gasteiger partial charge in [0.25, 0.3) is 0 Å². The molecule has 3 rings (SSSR count). The quantitative estimate of drug-likeness (QED) is 0.414. The molecule has 0 N–H and O–H groups in total. The lowest BCUT2D eigenvalue weighted by molar-refractivity contribution is 0.286. The Kier molecular flexibility index (Phi) is 8.15. The molecule has 1 aliphatic heterocycles. The molecular formula is C27H39N. The third-order valence-electron chi connectivity index (χ3n) is 6.68. The minimum Gasteiger partial charge on any atom is -0.303 e. The number of hydrogen-bond donors (Lipinski definition) is 0. The topological polar surface area (TPSA) is 3.24 Å². The van der Waals surface area contributed by atoms with E-state index in [0.29, 0.717) is 0 Å². The van der Waals surface area contributed by atoms with Crippen LogP contribution in [0, 0.1) is 19.8 Å². The zero-order valence-corrected chi connectivity index (χ0v) is 18.3. The molecule has 0 aromatic heterocycles. The van der Waals surface area contributed by atoms with E-state index in [-0.39, 0.29) is 0 Å². The van der Waals surface area contributed by atoms with Gasteiger partial charge in [0.1, 0.15) is 0 Å². The summed E-state index contributed by atoms with van der Waals surface area (Å²) in [6.07, 6.45) is 12.1. The van der Waals surface area contributed by atoms with Gasteiger partial charge in [0.15, 0.2) is 0 Å². The summed E-state index contributed by atoms with van der Waals surface area (Å²) < 4.78 is 0. The van der Waals surface area contributed by atoms with Crippen molar-refractivity contribution in [3.63, 3.8) is 0 Å². The van der Waals surface area contributed by atoms with Crippen molar-refractivity contribution in [3.8, 4) is 0 Å². The molecule has 0 aliphatic carbocycles. The average molecular weight is 378 g/mol. The van der Waals surface area contributed by atoms with Gasteiger partial charge in [-0.3, -0.25) is 0 Å². The van der Waals surface area contributed by atoms with Crippen molar-refractivity contribution in [1.29, 1.82) is 0 Å². The Balaban J connectivity index is 1.50. The molecule has 0 spiro atoms. The molecule has 0 bridgehead atoms. The van der Waals surface area contributed by atoms with Crippen LogP contribution >= 0.6 is 0 Å². The lowest BCUT2D eigenvalue weighted by Crippen LogP contribution is -2.24. The minimum atomic E-state index is 0.797. The van der Waals surface area contributed by atoms with Crippen molar-refractivity contribution in [1.82, 2.24) is 4.90 Å². The first-order valence-electron chi connectivity index (χ1n) is 11.4. The first-order chi connectivity index (χ1) is 13.6. The van der Waals surface area contributed by atoms with E-state index in [1.54, 1.807) is 0 Å². The predicted molar refractivity (Wildman–Crippen MR) is 122 cm³/mol. The Morgan fingerprint density at radius 3 is 2.11 bits per heavy atom. The first kappa shape index (κ1) is 21.1. The lowest BCUT2D eigenvalue weighted by Gasteiger charge is -2.21. The van der Waals surface area contributed by atoms with Crippen LogP contribution in [0.5, 0.6) is 0 Å². The average Bonchev–Trinajstić information content (AvgIpc) is 3.11. The number of nitrogens with zero attached hydrogens (tertiary/aromatic N) is 1. The SMILES string of the molecule is Cc1ccc(CCC(CCCC[C@@H]2CCCN2C)Cc2ccc(C)cc2)cc1. The van der Waals surface area contributed by atoms with Crippen molar-refractivity contribution in [2.75, 3.05) is 13.6 Å². The standard InChI is InChI=1S/C27H39N/c1-22-10-14-24(15-11-22)18-19-25(21-26-16-12-23(2)13-17-26)7-4-5-8-27-9-6-20-28(27)3/h10-17,25,27H,4-9,18-21H2,1-3H3/t25?,27-/m1/s1. The summed E-state index contributed by atoms with van der Waals surface area (Å²) in [7, 11) is 2.30. The maximum absolute atomic E-state index is 2.57. The number of unbranched alkanes of at least 4 members (excludes halogenated alkanes) is 1. The van der Waals surface area contributed by atoms with Gasteiger partial charge in [-0.2, -0.15) is 0 Å². The number of benzene rings is 2. The van der Waals surface area contributed by atoms with Crippen molar-refractivity contribution >= 4 is 0 Å². The van der Waals surface area contributed by atoms with Crippen LogP contribution in [0.1, 0.15) is 67.2 Å². The van der Waals surface area contributed by atoms with Gasteiger partial charge in [-0.1, -0.05) is 78.9 Å². The van der Waals surface area contributed by atoms with Crippen LogP contribution in [0.25, 0.3) is 0 Å². The third kappa shape index (κ3) is 6.78. The molecule has 1 saturated heterocycles. The van der Waals surface area contributed by atoms with Gasteiger partial charge in [-0.05, 0) is 83.0 Å². The van der Waals surface area contributed by atoms with Crippen LogP contribution < -0.4 is 0 Å². The van der Waals surface area contributed by atoms with E-state index in [1.807, 2.05) is 0 Å². The molecule has 1 heterocycles. The summed E-state index contributed by atoms with van der Waals surface area (Å²) in [5.41, 5.74) is 5.72. The summed E-state index contributed by atoms with van der Waals surface area (Å²) in [6.45, 7) is 5.65. The van der Waals surface area contributed by atoms with Crippen LogP contribution in [0.4, 0.5) is 0 Å². The maximum Gasteiger partial charge on any atom is 0.00926 e. The molecule has 28 heavy (non-hydrogen) atoms. The number of likely N-dealkylation sites (tertiary alicyclic amines) is 1. The summed E-state index contributed by atoms with van der Waals surface area (Å²) >= 11 is 0. The molecule has 0 radical (unpaired) electrons. The second kappa shape index (κ2) is 10.8. The monoisotopic (exact) mass is 377 g/mol. The van der Waals surface area contributed by atoms with Gasteiger partial charge in [-0.15, -0.1) is 0 Å². The maximum atomic E-state index is 2.57. The fourth-order valence-electron chi connectivity index (χ4n) is 4.69. The largest absolute Gasteiger partial charge is 0.303 e. The summed E-state index contributed by atoms with van der Waals surface area (Å²) in [6, 6.07) is 19.2. The van der Waals surface area contributed by atoms with E-state index < -0.39 is 0 Å². The molecule has 1 aliphatic rings. The molecule has 1 unspecified atom stereocenters. The first-order valence-corrected chi connectivity index (χ1v) is 11.4. The minimum absolute atomic E-state index is 0.797. The van der Waals surface area contributed by atoms with Gasteiger partial charge in [-0.25, -0.2) is 0 Å². The Morgan fingerprint density at radius 1 is 0.857 bits per heavy atom. The molecule has 2 atom stereocenters. The highest BCUT2D eigenvalue weighted by molar-refractivity contribution is 5.23. The Hall–Kier alpha value is -1.60. The Morgan fingerprint density at radius 2 is 1.50 bits per heavy atom. The normalized spacial score (nSPS) is 18.5. The highest BCUT2D eigenvalue weighted by atomic mass is 15.1. The molecule has 1 nitrogen and oxygen atoms in total. The number of hydrogen-bond acceptors (Lipinski definition) is 1. The van der Waals surface area contributed by atoms with E-state index in [1.165, 1.54) is 86.6 Å². The van der Waals surface area contributed by atoms with E-state index >= 15 is 0 Å². The summed E-state index contributed by atoms with van der Waals surface area (Å²) in [5, 5.41) is 0. The number of rotatable bonds is 10. The van der Waals surface area contributed by atoms with Gasteiger partial charge in [0.05, 0.1) is 0 Å². The molecule has 1 heteroatoms. The van der Waals surface area contributed by atoms with Gasteiger partial charge < -0.3 is 4.90 Å². The number of aryl methyl sites for hydroxylation is 3. The smallest absolute Gasteiger partial charge is 0.00926 e. The van der Waals surface area contributed by atoms with Crippen molar-refractivity contribution in [2.45, 2.75) is 77.7 Å². The fourth-order valence-corrected chi connectivity index (χ4v) is 4.69. The molecule has 2 aromatic rings. The molecule has 1 fully saturated rings. The highest BCUT2D eigenvalue weighted by Gasteiger charge is 2.20. The molecule has 152 valence electrons. The van der Waals surface area contributed by atoms with Crippen LogP contribution in [0.3, 0.4) is 0 Å². The van der Waals surface area contributed by atoms with Gasteiger partial charge >= 0.3 is 0 Å². The van der Waals surface area contributed by atoms with E-state index in [4.69, 9.17) is 0 Å². The van der Waals surface area contributed by atoms with Crippen LogP contribution in [0.2, 0.25) is 0 Å². The van der Waals surface area contributed by atoms with Crippen LogP contribution in [-0.2, 0) is 12.8 Å². The second-order valence-electron chi connectivity index (χ2n) is 9.14. The molecule has 0 amide bonds. The summed E-state index contributed by atoms with van der Waals surface area (Å²) in [5.74, 6) is 0.797. The zero-order valence-electron chi connectivity index (χ0n) is 18.3.